The Hall–Kier alpha value is -4.29. The second-order valence-corrected chi connectivity index (χ2v) is 9.32. The first-order valence-corrected chi connectivity index (χ1v) is 12.7. The molecule has 0 bridgehead atoms. The van der Waals surface area contributed by atoms with E-state index in [2.05, 4.69) is 16.7 Å². The number of aromatic nitrogens is 1. The minimum atomic E-state index is -0.301. The summed E-state index contributed by atoms with van der Waals surface area (Å²) in [5.74, 6) is -0.142. The summed E-state index contributed by atoms with van der Waals surface area (Å²) in [6, 6.07) is 19.1. The molecule has 4 N–H and O–H groups in total. The van der Waals surface area contributed by atoms with Crippen LogP contribution in [0.1, 0.15) is 34.3 Å². The Balaban J connectivity index is 1.51. The summed E-state index contributed by atoms with van der Waals surface area (Å²) in [5.41, 5.74) is 8.42. The summed E-state index contributed by atoms with van der Waals surface area (Å²) < 4.78 is 13.6. The van der Waals surface area contributed by atoms with E-state index in [1.54, 1.807) is 35.2 Å². The van der Waals surface area contributed by atoms with E-state index in [1.165, 1.54) is 12.1 Å². The van der Waals surface area contributed by atoms with Gasteiger partial charge in [-0.3, -0.25) is 9.59 Å². The van der Waals surface area contributed by atoms with Gasteiger partial charge in [-0.2, -0.15) is 5.26 Å². The normalized spacial score (nSPS) is 15.0. The number of anilines is 1. The molecular formula is C29H31FN6O2. The number of carbonyl (C=O) groups excluding carboxylic acids is 2. The van der Waals surface area contributed by atoms with Crippen molar-refractivity contribution in [3.63, 3.8) is 0 Å². The first kappa shape index (κ1) is 26.8. The van der Waals surface area contributed by atoms with Crippen LogP contribution < -0.4 is 16.4 Å². The zero-order valence-corrected chi connectivity index (χ0v) is 21.1. The van der Waals surface area contributed by atoms with Gasteiger partial charge in [-0.05, 0) is 61.1 Å². The van der Waals surface area contributed by atoms with E-state index in [9.17, 15) is 19.2 Å². The Morgan fingerprint density at radius 1 is 1.16 bits per heavy atom. The second-order valence-electron chi connectivity index (χ2n) is 9.32. The highest BCUT2D eigenvalue weighted by molar-refractivity contribution is 5.99. The highest BCUT2D eigenvalue weighted by Gasteiger charge is 2.24. The SMILES string of the molecule is N#Cc1ccccc1-c1ccc(C(=O)NC[C@H]2CCCN(C(=O)CN)C2)c(NCCc2cccc(F)c2)n1. The van der Waals surface area contributed by atoms with Gasteiger partial charge in [0.25, 0.3) is 5.91 Å². The van der Waals surface area contributed by atoms with Crippen LogP contribution >= 0.6 is 0 Å². The molecule has 1 aliphatic heterocycles. The first-order valence-electron chi connectivity index (χ1n) is 12.7. The number of hydrogen-bond donors (Lipinski definition) is 3. The van der Waals surface area contributed by atoms with Crippen molar-refractivity contribution in [3.8, 4) is 17.3 Å². The highest BCUT2D eigenvalue weighted by Crippen LogP contribution is 2.25. The number of nitrogens with zero attached hydrogens (tertiary/aromatic N) is 3. The summed E-state index contributed by atoms with van der Waals surface area (Å²) in [6.07, 6.45) is 2.32. The lowest BCUT2D eigenvalue weighted by Gasteiger charge is -2.32. The number of amides is 2. The first-order chi connectivity index (χ1) is 18.5. The molecule has 196 valence electrons. The minimum absolute atomic E-state index is 0.0172. The molecule has 1 atom stereocenters. The average molecular weight is 515 g/mol. The van der Waals surface area contributed by atoms with E-state index < -0.39 is 0 Å². The molecule has 8 nitrogen and oxygen atoms in total. The molecule has 1 fully saturated rings. The van der Waals surface area contributed by atoms with Crippen molar-refractivity contribution in [1.82, 2.24) is 15.2 Å². The molecule has 0 radical (unpaired) electrons. The predicted octanol–water partition coefficient (Wildman–Crippen LogP) is 3.34. The van der Waals surface area contributed by atoms with Crippen LogP contribution in [-0.2, 0) is 11.2 Å². The van der Waals surface area contributed by atoms with Gasteiger partial charge in [0.05, 0.1) is 29.4 Å². The fourth-order valence-electron chi connectivity index (χ4n) is 4.67. The van der Waals surface area contributed by atoms with Crippen molar-refractivity contribution in [2.45, 2.75) is 19.3 Å². The van der Waals surface area contributed by atoms with Gasteiger partial charge < -0.3 is 21.3 Å². The van der Waals surface area contributed by atoms with Crippen molar-refractivity contribution >= 4 is 17.6 Å². The van der Waals surface area contributed by atoms with Crippen LogP contribution in [0.25, 0.3) is 11.3 Å². The maximum atomic E-state index is 13.6. The third-order valence-corrected chi connectivity index (χ3v) is 6.66. The number of piperidine rings is 1. The molecular weight excluding hydrogens is 483 g/mol. The van der Waals surface area contributed by atoms with Gasteiger partial charge in [-0.15, -0.1) is 0 Å². The number of nitrogens with one attached hydrogen (secondary N) is 2. The van der Waals surface area contributed by atoms with Crippen molar-refractivity contribution in [2.75, 3.05) is 38.0 Å². The lowest BCUT2D eigenvalue weighted by Crippen LogP contribution is -2.45. The number of halogens is 1. The maximum absolute atomic E-state index is 13.6. The summed E-state index contributed by atoms with van der Waals surface area (Å²) >= 11 is 0. The van der Waals surface area contributed by atoms with Gasteiger partial charge in [0.2, 0.25) is 5.91 Å². The molecule has 2 amide bonds. The molecule has 2 heterocycles. The Morgan fingerprint density at radius 2 is 2.00 bits per heavy atom. The largest absolute Gasteiger partial charge is 0.369 e. The molecule has 0 aliphatic carbocycles. The number of rotatable bonds is 9. The third-order valence-electron chi connectivity index (χ3n) is 6.66. The van der Waals surface area contributed by atoms with Gasteiger partial charge in [-0.25, -0.2) is 9.37 Å². The van der Waals surface area contributed by atoms with Crippen molar-refractivity contribution < 1.29 is 14.0 Å². The van der Waals surface area contributed by atoms with Crippen LogP contribution in [0.2, 0.25) is 0 Å². The number of pyridine rings is 1. The van der Waals surface area contributed by atoms with Crippen LogP contribution in [-0.4, -0.2) is 54.4 Å². The molecule has 0 spiro atoms. The van der Waals surface area contributed by atoms with Gasteiger partial charge >= 0.3 is 0 Å². The topological polar surface area (TPSA) is 124 Å². The Bertz CT molecular complexity index is 1340. The van der Waals surface area contributed by atoms with E-state index in [-0.39, 0.29) is 30.1 Å². The molecule has 3 aromatic rings. The van der Waals surface area contributed by atoms with Gasteiger partial charge in [0, 0.05) is 31.7 Å². The van der Waals surface area contributed by atoms with Crippen LogP contribution in [0, 0.1) is 23.1 Å². The fraction of sp³-hybridized carbons (Fsp3) is 0.310. The number of carbonyl (C=O) groups is 2. The van der Waals surface area contributed by atoms with E-state index in [0.717, 1.165) is 18.4 Å². The third kappa shape index (κ3) is 6.72. The summed E-state index contributed by atoms with van der Waals surface area (Å²) in [4.78, 5) is 31.7. The van der Waals surface area contributed by atoms with E-state index >= 15 is 0 Å². The lowest BCUT2D eigenvalue weighted by atomic mass is 9.97. The molecule has 1 aromatic heterocycles. The maximum Gasteiger partial charge on any atom is 0.255 e. The smallest absolute Gasteiger partial charge is 0.255 e. The van der Waals surface area contributed by atoms with E-state index in [1.807, 2.05) is 18.2 Å². The van der Waals surface area contributed by atoms with Crippen LogP contribution in [0.3, 0.4) is 0 Å². The van der Waals surface area contributed by atoms with Crippen molar-refractivity contribution in [3.05, 3.63) is 83.2 Å². The Labute approximate surface area is 221 Å². The van der Waals surface area contributed by atoms with Crippen molar-refractivity contribution in [2.24, 2.45) is 11.7 Å². The number of hydrogen-bond acceptors (Lipinski definition) is 6. The monoisotopic (exact) mass is 514 g/mol. The number of likely N-dealkylation sites (tertiary alicyclic amines) is 1. The summed E-state index contributed by atoms with van der Waals surface area (Å²) in [6.45, 7) is 2.09. The number of nitriles is 1. The van der Waals surface area contributed by atoms with Crippen LogP contribution in [0.15, 0.2) is 60.7 Å². The summed E-state index contributed by atoms with van der Waals surface area (Å²) in [5, 5.41) is 15.8. The Morgan fingerprint density at radius 3 is 2.79 bits per heavy atom. The molecule has 0 saturated carbocycles. The average Bonchev–Trinajstić information content (AvgIpc) is 2.95. The zero-order chi connectivity index (χ0) is 26.9. The second kappa shape index (κ2) is 12.8. The predicted molar refractivity (Wildman–Crippen MR) is 144 cm³/mol. The van der Waals surface area contributed by atoms with E-state index in [4.69, 9.17) is 10.7 Å². The van der Waals surface area contributed by atoms with Gasteiger partial charge in [-0.1, -0.05) is 30.3 Å². The summed E-state index contributed by atoms with van der Waals surface area (Å²) in [7, 11) is 0. The fourth-order valence-corrected chi connectivity index (χ4v) is 4.67. The zero-order valence-electron chi connectivity index (χ0n) is 21.1. The molecule has 0 unspecified atom stereocenters. The molecule has 9 heteroatoms. The number of benzene rings is 2. The Kier molecular flexibility index (Phi) is 9.01. The molecule has 2 aromatic carbocycles. The standard InChI is InChI=1S/C29H31FN6O2/c30-23-8-3-5-20(15-23)12-13-33-28-25(10-11-26(35-28)24-9-2-1-7-22(24)16-31)29(38)34-18-21-6-4-14-36(19-21)27(37)17-32/h1-3,5,7-11,15,21H,4,6,12-14,17-19,32H2,(H,33,35)(H,34,38)/t21-/m1/s1. The molecule has 4 rings (SSSR count). The van der Waals surface area contributed by atoms with E-state index in [0.29, 0.717) is 60.8 Å². The van der Waals surface area contributed by atoms with Crippen LogP contribution in [0.4, 0.5) is 10.2 Å². The molecule has 1 aliphatic rings. The lowest BCUT2D eigenvalue weighted by molar-refractivity contribution is -0.131. The molecule has 1 saturated heterocycles. The van der Waals surface area contributed by atoms with Crippen molar-refractivity contribution in [1.29, 1.82) is 5.26 Å². The quantitative estimate of drug-likeness (QED) is 0.402. The van der Waals surface area contributed by atoms with Crippen LogP contribution in [0.5, 0.6) is 0 Å². The minimum Gasteiger partial charge on any atom is -0.369 e. The number of nitrogens with two attached hydrogens (primary N) is 1. The van der Waals surface area contributed by atoms with Gasteiger partial charge in [0.1, 0.15) is 11.6 Å². The van der Waals surface area contributed by atoms with Gasteiger partial charge in [0.15, 0.2) is 0 Å². The molecule has 38 heavy (non-hydrogen) atoms. The highest BCUT2D eigenvalue weighted by atomic mass is 19.1.